The molecule has 1 aliphatic rings. The molecule has 0 heterocycles. The summed E-state index contributed by atoms with van der Waals surface area (Å²) in [6, 6.07) is 10.7. The summed E-state index contributed by atoms with van der Waals surface area (Å²) in [5.41, 5.74) is 6.65. The predicted octanol–water partition coefficient (Wildman–Crippen LogP) is 6.08. The van der Waals surface area contributed by atoms with Crippen molar-refractivity contribution in [1.82, 2.24) is 0 Å². The van der Waals surface area contributed by atoms with E-state index < -0.39 is 0 Å². The first kappa shape index (κ1) is 15.1. The fourth-order valence-electron chi connectivity index (χ4n) is 3.13. The summed E-state index contributed by atoms with van der Waals surface area (Å²) >= 11 is 0. The van der Waals surface area contributed by atoms with Gasteiger partial charge in [0.2, 0.25) is 0 Å². The van der Waals surface area contributed by atoms with Crippen molar-refractivity contribution in [1.29, 1.82) is 0 Å². The molecule has 20 heavy (non-hydrogen) atoms. The first-order valence-corrected chi connectivity index (χ1v) is 8.38. The highest BCUT2D eigenvalue weighted by atomic mass is 14.2. The summed E-state index contributed by atoms with van der Waals surface area (Å²) in [5.74, 6) is 0.822. The van der Waals surface area contributed by atoms with Crippen LogP contribution in [0.1, 0.15) is 63.9 Å². The molecule has 0 atom stereocenters. The molecule has 1 saturated carbocycles. The molecule has 0 radical (unpaired) electrons. The van der Waals surface area contributed by atoms with Gasteiger partial charge in [-0.15, -0.1) is 5.73 Å². The van der Waals surface area contributed by atoms with Gasteiger partial charge in [-0.05, 0) is 55.2 Å². The lowest BCUT2D eigenvalue weighted by Gasteiger charge is -2.23. The van der Waals surface area contributed by atoms with Crippen molar-refractivity contribution < 1.29 is 0 Å². The number of rotatable bonds is 6. The molecular weight excluding hydrogens is 240 g/mol. The standard InChI is InChI=1S/C20H28/c1-2-3-14-19(20-15-8-5-9-16-20)17-10-13-18-11-6-4-7-12-18/h4,6-7,10-12,20H,2-3,5,8-9,13-16H2,1H3. The van der Waals surface area contributed by atoms with E-state index in [4.69, 9.17) is 0 Å². The maximum Gasteiger partial charge on any atom is -0.00213 e. The van der Waals surface area contributed by atoms with Crippen LogP contribution in [0.25, 0.3) is 0 Å². The van der Waals surface area contributed by atoms with Gasteiger partial charge in [-0.2, -0.15) is 0 Å². The van der Waals surface area contributed by atoms with E-state index in [1.165, 1.54) is 56.9 Å². The zero-order valence-electron chi connectivity index (χ0n) is 12.9. The zero-order chi connectivity index (χ0) is 14.0. The average molecular weight is 268 g/mol. The fourth-order valence-corrected chi connectivity index (χ4v) is 3.13. The van der Waals surface area contributed by atoms with E-state index in [1.807, 2.05) is 0 Å². The Morgan fingerprint density at radius 2 is 1.90 bits per heavy atom. The van der Waals surface area contributed by atoms with Crippen LogP contribution < -0.4 is 0 Å². The van der Waals surface area contributed by atoms with Gasteiger partial charge in [-0.25, -0.2) is 0 Å². The van der Waals surface area contributed by atoms with Gasteiger partial charge in [0, 0.05) is 0 Å². The third kappa shape index (κ3) is 5.02. The third-order valence-corrected chi connectivity index (χ3v) is 4.37. The lowest BCUT2D eigenvalue weighted by Crippen LogP contribution is -2.08. The minimum atomic E-state index is 0.822. The Morgan fingerprint density at radius 3 is 2.60 bits per heavy atom. The van der Waals surface area contributed by atoms with E-state index in [9.17, 15) is 0 Å². The second kappa shape index (κ2) is 8.82. The van der Waals surface area contributed by atoms with Crippen LogP contribution in [-0.2, 0) is 6.42 Å². The molecule has 1 fully saturated rings. The molecule has 0 aromatic heterocycles. The minimum absolute atomic E-state index is 0.822. The van der Waals surface area contributed by atoms with Gasteiger partial charge >= 0.3 is 0 Å². The molecule has 0 spiro atoms. The Hall–Kier alpha value is -1.26. The van der Waals surface area contributed by atoms with Gasteiger partial charge in [-0.1, -0.05) is 62.9 Å². The van der Waals surface area contributed by atoms with E-state index in [0.717, 1.165) is 12.3 Å². The van der Waals surface area contributed by atoms with Crippen LogP contribution in [0.3, 0.4) is 0 Å². The molecule has 0 bridgehead atoms. The van der Waals surface area contributed by atoms with Gasteiger partial charge in [0.1, 0.15) is 0 Å². The molecule has 0 N–H and O–H groups in total. The minimum Gasteiger partial charge on any atom is -0.125 e. The van der Waals surface area contributed by atoms with Crippen molar-refractivity contribution >= 4 is 0 Å². The fraction of sp³-hybridized carbons (Fsp3) is 0.550. The van der Waals surface area contributed by atoms with Crippen molar-refractivity contribution in [3.8, 4) is 0 Å². The number of benzene rings is 1. The van der Waals surface area contributed by atoms with E-state index in [-0.39, 0.29) is 0 Å². The quantitative estimate of drug-likeness (QED) is 0.548. The van der Waals surface area contributed by atoms with Crippen molar-refractivity contribution in [3.05, 3.63) is 53.3 Å². The van der Waals surface area contributed by atoms with Gasteiger partial charge in [0.25, 0.3) is 0 Å². The molecule has 0 heteroatoms. The molecule has 1 aliphatic carbocycles. The van der Waals surface area contributed by atoms with E-state index in [1.54, 1.807) is 5.57 Å². The average Bonchev–Trinajstić information content (AvgIpc) is 2.52. The van der Waals surface area contributed by atoms with Gasteiger partial charge in [0.05, 0.1) is 0 Å². The molecule has 0 amide bonds. The van der Waals surface area contributed by atoms with Crippen LogP contribution in [0.15, 0.2) is 47.7 Å². The summed E-state index contributed by atoms with van der Waals surface area (Å²) in [7, 11) is 0. The molecule has 0 nitrogen and oxygen atoms in total. The normalized spacial score (nSPS) is 15.7. The number of allylic oxidation sites excluding steroid dienone is 1. The van der Waals surface area contributed by atoms with Crippen LogP contribution in [-0.4, -0.2) is 0 Å². The van der Waals surface area contributed by atoms with Crippen molar-refractivity contribution in [2.75, 3.05) is 0 Å². The predicted molar refractivity (Wildman–Crippen MR) is 87.8 cm³/mol. The highest BCUT2D eigenvalue weighted by Gasteiger charge is 2.16. The van der Waals surface area contributed by atoms with E-state index in [2.05, 4.69) is 49.1 Å². The van der Waals surface area contributed by atoms with Crippen LogP contribution in [0.4, 0.5) is 0 Å². The smallest absolute Gasteiger partial charge is 0.00213 e. The van der Waals surface area contributed by atoms with Crippen molar-refractivity contribution in [3.63, 3.8) is 0 Å². The van der Waals surface area contributed by atoms with Crippen LogP contribution in [0.2, 0.25) is 0 Å². The van der Waals surface area contributed by atoms with Gasteiger partial charge < -0.3 is 0 Å². The van der Waals surface area contributed by atoms with Gasteiger partial charge in [-0.3, -0.25) is 0 Å². The van der Waals surface area contributed by atoms with Crippen molar-refractivity contribution in [2.24, 2.45) is 5.92 Å². The zero-order valence-corrected chi connectivity index (χ0v) is 12.9. The molecule has 108 valence electrons. The molecule has 0 unspecified atom stereocenters. The summed E-state index contributed by atoms with van der Waals surface area (Å²) < 4.78 is 0. The molecule has 2 rings (SSSR count). The molecule has 1 aromatic rings. The Labute approximate surface area is 124 Å². The van der Waals surface area contributed by atoms with Crippen molar-refractivity contribution in [2.45, 2.75) is 64.7 Å². The van der Waals surface area contributed by atoms with E-state index in [0.29, 0.717) is 0 Å². The van der Waals surface area contributed by atoms with Crippen LogP contribution >= 0.6 is 0 Å². The third-order valence-electron chi connectivity index (χ3n) is 4.37. The lowest BCUT2D eigenvalue weighted by atomic mass is 9.82. The Kier molecular flexibility index (Phi) is 6.68. The molecule has 0 aliphatic heterocycles. The number of hydrogen-bond donors (Lipinski definition) is 0. The molecule has 0 saturated heterocycles. The maximum atomic E-state index is 3.66. The summed E-state index contributed by atoms with van der Waals surface area (Å²) in [6.07, 6.45) is 14.2. The second-order valence-electron chi connectivity index (χ2n) is 6.00. The topological polar surface area (TPSA) is 0 Å². The molecular formula is C20H28. The number of hydrogen-bond acceptors (Lipinski definition) is 0. The maximum absolute atomic E-state index is 3.66. The highest BCUT2D eigenvalue weighted by molar-refractivity contribution is 5.18. The summed E-state index contributed by atoms with van der Waals surface area (Å²) in [4.78, 5) is 0. The second-order valence-corrected chi connectivity index (χ2v) is 6.00. The van der Waals surface area contributed by atoms with E-state index >= 15 is 0 Å². The monoisotopic (exact) mass is 268 g/mol. The van der Waals surface area contributed by atoms with Crippen LogP contribution in [0.5, 0.6) is 0 Å². The summed E-state index contributed by atoms with van der Waals surface area (Å²) in [6.45, 7) is 2.28. The van der Waals surface area contributed by atoms with Crippen LogP contribution in [0, 0.1) is 5.92 Å². The Balaban J connectivity index is 2.02. The summed E-state index contributed by atoms with van der Waals surface area (Å²) in [5, 5.41) is 0. The van der Waals surface area contributed by atoms with Gasteiger partial charge in [0.15, 0.2) is 0 Å². The first-order chi connectivity index (χ1) is 9.90. The number of unbranched alkanes of at least 4 members (excludes halogenated alkanes) is 1. The Morgan fingerprint density at radius 1 is 1.15 bits per heavy atom. The Bertz CT molecular complexity index is 428. The lowest BCUT2D eigenvalue weighted by molar-refractivity contribution is 0.393. The highest BCUT2D eigenvalue weighted by Crippen LogP contribution is 2.31. The largest absolute Gasteiger partial charge is 0.125 e. The SMILES string of the molecule is CCCCC(=C=CCc1ccccc1)C1CCCCC1. The molecule has 1 aromatic carbocycles. The first-order valence-electron chi connectivity index (χ1n) is 8.38.